The number of unbranched alkanes of at least 4 members (excludes halogenated alkanes) is 2. The second kappa shape index (κ2) is 45.9. The molecule has 7 aliphatic rings. The van der Waals surface area contributed by atoms with Crippen molar-refractivity contribution in [1.82, 2.24) is 0 Å². The molecule has 0 aliphatic carbocycles. The molecular formula is C77H130O36. The zero-order valence-corrected chi connectivity index (χ0v) is 67.4. The van der Waals surface area contributed by atoms with Crippen LogP contribution in [0.25, 0.3) is 0 Å². The molecule has 0 amide bonds. The number of hydrogen-bond acceptors (Lipinski definition) is 36. The lowest BCUT2D eigenvalue weighted by molar-refractivity contribution is -0.414. The van der Waals surface area contributed by atoms with Gasteiger partial charge in [0.1, 0.15) is 97.7 Å². The van der Waals surface area contributed by atoms with Gasteiger partial charge in [-0.15, -0.1) is 0 Å². The molecule has 7 aliphatic heterocycles. The molecule has 4 bridgehead atoms. The molecular weight excluding hydrogens is 1500 g/mol. The predicted octanol–water partition coefficient (Wildman–Crippen LogP) is 0.959. The molecule has 654 valence electrons. The first-order valence-corrected chi connectivity index (χ1v) is 40.7. The van der Waals surface area contributed by atoms with E-state index in [4.69, 9.17) is 85.3 Å². The Kier molecular flexibility index (Phi) is 39.0. The molecule has 36 heteroatoms. The van der Waals surface area contributed by atoms with Crippen molar-refractivity contribution >= 4 is 35.8 Å². The smallest absolute Gasteiger partial charge is 0.311 e. The number of aliphatic hydroxyl groups excluding tert-OH is 12. The maximum atomic E-state index is 14.6. The number of carbonyl (C=O) groups is 6. The molecule has 0 radical (unpaired) electrons. The first-order chi connectivity index (χ1) is 53.7. The summed E-state index contributed by atoms with van der Waals surface area (Å²) in [4.78, 5) is 84.9. The third kappa shape index (κ3) is 25.0. The van der Waals surface area contributed by atoms with E-state index in [1.807, 2.05) is 6.92 Å². The first kappa shape index (κ1) is 96.0. The average Bonchev–Trinajstić information content (AvgIpc) is 0.796. The minimum absolute atomic E-state index is 0.138. The van der Waals surface area contributed by atoms with E-state index >= 15 is 0 Å². The van der Waals surface area contributed by atoms with Gasteiger partial charge in [0.2, 0.25) is 0 Å². The van der Waals surface area contributed by atoms with Crippen LogP contribution in [-0.2, 0) is 114 Å². The zero-order chi connectivity index (χ0) is 83.4. The Morgan fingerprint density at radius 1 is 0.416 bits per heavy atom. The van der Waals surface area contributed by atoms with Crippen LogP contribution < -0.4 is 0 Å². The number of carbonyl (C=O) groups excluding carboxylic acids is 6. The lowest BCUT2D eigenvalue weighted by Crippen LogP contribution is -2.69. The van der Waals surface area contributed by atoms with Crippen LogP contribution in [-0.4, -0.2) is 320 Å². The van der Waals surface area contributed by atoms with Gasteiger partial charge in [-0.2, -0.15) is 0 Å². The van der Waals surface area contributed by atoms with E-state index in [-0.39, 0.29) is 25.7 Å². The SMILES string of the molecule is CCCCC[C@@H]1CCCCCCCCCC(=O)O[C@H]2[C@H](OC[C@H]3O[C@@H](O[C@H]4[C@H](O)[C@@H](CO)O[C@@H](O[C@H]5[C@H](O1)O[C@H](C)[C@@H](O)[C@@H]5O)[C@@H]4O[C@@H]1O[C@@H](C)[C@H](OC(=O)[C@@H](C)CC)[C@@H](O[C@@H]4O[C@H](CO)[C@@H](O)[C@H](O)[C@H]4O)[C@H]1OC(=O)[C@@H](C)CC)[C@H](O)[C@@H](OC(=O)[C@@H](C)CC)[C@@H]3OC(=O)[C@@H](C)[C@H](C)O)O[C@H](CO)[C@@H](OC(=O)[C@@H](C)CC)[C@@H]2O. The minimum atomic E-state index is -2.39. The molecule has 0 aromatic carbocycles. The summed E-state index contributed by atoms with van der Waals surface area (Å²) in [5.74, 6) is -10.4. The van der Waals surface area contributed by atoms with Crippen LogP contribution in [0, 0.1) is 29.6 Å². The number of aliphatic hydroxyl groups is 12. The summed E-state index contributed by atoms with van der Waals surface area (Å²) in [5.41, 5.74) is 0. The van der Waals surface area contributed by atoms with Crippen LogP contribution >= 0.6 is 0 Å². The number of ether oxygens (including phenoxy) is 18. The zero-order valence-electron chi connectivity index (χ0n) is 67.4. The lowest BCUT2D eigenvalue weighted by atomic mass is 9.94. The van der Waals surface area contributed by atoms with Gasteiger partial charge in [0.15, 0.2) is 74.4 Å². The molecule has 113 heavy (non-hydrogen) atoms. The van der Waals surface area contributed by atoms with Crippen LogP contribution in [0.2, 0.25) is 0 Å². The van der Waals surface area contributed by atoms with Crippen molar-refractivity contribution in [2.45, 2.75) is 396 Å². The Labute approximate surface area is 660 Å². The van der Waals surface area contributed by atoms with E-state index in [2.05, 4.69) is 0 Å². The largest absolute Gasteiger partial charge is 0.456 e. The Hall–Kier alpha value is -4.14. The molecule has 0 aromatic heterocycles. The maximum Gasteiger partial charge on any atom is 0.311 e. The second-order valence-corrected chi connectivity index (χ2v) is 31.3. The van der Waals surface area contributed by atoms with E-state index < -0.39 is 288 Å². The highest BCUT2D eigenvalue weighted by molar-refractivity contribution is 5.75. The summed E-state index contributed by atoms with van der Waals surface area (Å²) in [7, 11) is 0. The van der Waals surface area contributed by atoms with Gasteiger partial charge in [-0.25, -0.2) is 0 Å². The highest BCUT2D eigenvalue weighted by Crippen LogP contribution is 2.42. The van der Waals surface area contributed by atoms with E-state index in [0.717, 1.165) is 32.1 Å². The monoisotopic (exact) mass is 1630 g/mol. The molecule has 7 heterocycles. The molecule has 12 N–H and O–H groups in total. The third-order valence-electron chi connectivity index (χ3n) is 22.7. The standard InChI is InChI=1S/C77H130O36/c1-14-19-25-28-43-29-26-23-21-20-22-24-27-30-48(82)104-63-55(89)58(106-68(92)36(7)16-3)46(33-80)102-74(63)96-34-47-59(107-71(95)39(10)40(11)81)61(108-69(93)37(8)17-4)56(90)73(103-47)110-60-51(85)45(32-79)101-77(111-62-53(87)49(83)41(12)97-75(62)99-43)65(60)113-76-66(109-70(94)38(9)18-5)64(57(42(13)98-76)105-67(91)35(6)15-2)112-72-54(88)52(86)50(84)44(31-78)100-72/h35-47,49-66,72-81,83-90H,14-34H2,1-13H3/t35-,36-,37-,38-,39-,40-,41+,42-,43+,44+,45+,46+,47+,49+,50+,51+,52-,53-,54+,55-,56+,57-,58+,59+,60-,61+,62+,63+,64+,65+,66+,72-,73-,74+,75-,76-,77-/m0/s1. The number of esters is 6. The van der Waals surface area contributed by atoms with Crippen molar-refractivity contribution in [3.8, 4) is 0 Å². The van der Waals surface area contributed by atoms with Crippen molar-refractivity contribution in [2.24, 2.45) is 29.6 Å². The maximum absolute atomic E-state index is 14.6. The van der Waals surface area contributed by atoms with Crippen LogP contribution in [0.4, 0.5) is 0 Å². The van der Waals surface area contributed by atoms with Crippen molar-refractivity contribution in [1.29, 1.82) is 0 Å². The highest BCUT2D eigenvalue weighted by Gasteiger charge is 2.61. The van der Waals surface area contributed by atoms with Crippen molar-refractivity contribution in [3.05, 3.63) is 0 Å². The predicted molar refractivity (Wildman–Crippen MR) is 387 cm³/mol. The van der Waals surface area contributed by atoms with E-state index in [1.165, 1.54) is 41.5 Å². The van der Waals surface area contributed by atoms with Gasteiger partial charge in [0.25, 0.3) is 0 Å². The van der Waals surface area contributed by atoms with E-state index in [0.29, 0.717) is 51.4 Å². The number of rotatable bonds is 26. The Bertz CT molecular complexity index is 2880. The molecule has 7 fully saturated rings. The van der Waals surface area contributed by atoms with Crippen molar-refractivity contribution in [3.63, 3.8) is 0 Å². The molecule has 36 nitrogen and oxygen atoms in total. The van der Waals surface area contributed by atoms with Gasteiger partial charge in [0.05, 0.1) is 80.4 Å². The van der Waals surface area contributed by atoms with Gasteiger partial charge >= 0.3 is 35.8 Å². The summed E-state index contributed by atoms with van der Waals surface area (Å²) in [6.45, 7) is 16.3. The van der Waals surface area contributed by atoms with E-state index in [9.17, 15) is 90.0 Å². The van der Waals surface area contributed by atoms with Crippen LogP contribution in [0.15, 0.2) is 0 Å². The number of fused-ring (bicyclic) bond motifs is 6. The lowest BCUT2D eigenvalue weighted by Gasteiger charge is -2.52. The summed E-state index contributed by atoms with van der Waals surface area (Å²) in [6.07, 6.45) is -51.7. The van der Waals surface area contributed by atoms with Gasteiger partial charge in [0, 0.05) is 6.42 Å². The fourth-order valence-corrected chi connectivity index (χ4v) is 14.0. The molecule has 0 unspecified atom stereocenters. The highest BCUT2D eigenvalue weighted by atomic mass is 16.8. The van der Waals surface area contributed by atoms with Crippen LogP contribution in [0.5, 0.6) is 0 Å². The average molecular weight is 1630 g/mol. The van der Waals surface area contributed by atoms with Crippen molar-refractivity contribution in [2.75, 3.05) is 26.4 Å². The summed E-state index contributed by atoms with van der Waals surface area (Å²) in [6, 6.07) is 0. The second-order valence-electron chi connectivity index (χ2n) is 31.3. The summed E-state index contributed by atoms with van der Waals surface area (Å²) < 4.78 is 115. The van der Waals surface area contributed by atoms with E-state index in [1.54, 1.807) is 41.5 Å². The molecule has 0 spiro atoms. The topological polar surface area (TPSA) is 511 Å². The normalized spacial score (nSPS) is 40.5. The molecule has 0 saturated carbocycles. The molecule has 7 saturated heterocycles. The van der Waals surface area contributed by atoms with Crippen LogP contribution in [0.1, 0.15) is 199 Å². The fraction of sp³-hybridized carbons (Fsp3) is 0.922. The van der Waals surface area contributed by atoms with Crippen LogP contribution in [0.3, 0.4) is 0 Å². The molecule has 0 aromatic rings. The Morgan fingerprint density at radius 3 is 1.51 bits per heavy atom. The summed E-state index contributed by atoms with van der Waals surface area (Å²) >= 11 is 0. The quantitative estimate of drug-likeness (QED) is 0.0326. The summed E-state index contributed by atoms with van der Waals surface area (Å²) in [5, 5.41) is 140. The third-order valence-corrected chi connectivity index (χ3v) is 22.7. The van der Waals surface area contributed by atoms with Gasteiger partial charge < -0.3 is 147 Å². The minimum Gasteiger partial charge on any atom is -0.456 e. The Balaban J connectivity index is 1.47. The molecule has 7 rings (SSSR count). The Morgan fingerprint density at radius 2 is 0.938 bits per heavy atom. The fourth-order valence-electron chi connectivity index (χ4n) is 14.0. The van der Waals surface area contributed by atoms with Gasteiger partial charge in [-0.1, -0.05) is 120 Å². The molecule has 37 atom stereocenters. The van der Waals surface area contributed by atoms with Gasteiger partial charge in [-0.3, -0.25) is 28.8 Å². The number of hydrogen-bond donors (Lipinski definition) is 12. The van der Waals surface area contributed by atoms with Gasteiger partial charge in [-0.05, 0) is 72.6 Å². The first-order valence-electron chi connectivity index (χ1n) is 40.7. The van der Waals surface area contributed by atoms with Crippen molar-refractivity contribution < 1.29 is 175 Å².